The lowest BCUT2D eigenvalue weighted by Crippen LogP contribution is -2.22. The van der Waals surface area contributed by atoms with E-state index in [1.165, 1.54) is 5.56 Å². The number of hydrogen-bond donors (Lipinski definition) is 3. The molecule has 3 N–H and O–H groups in total. The van der Waals surface area contributed by atoms with Crippen molar-refractivity contribution in [3.05, 3.63) is 83.9 Å². The third-order valence-electron chi connectivity index (χ3n) is 5.01. The normalized spacial score (nSPS) is 10.3. The number of carbonyl (C=O) groups is 2. The van der Waals surface area contributed by atoms with E-state index < -0.39 is 0 Å². The first-order chi connectivity index (χ1) is 15.5. The number of nitrogens with one attached hydrogen (secondary N) is 3. The number of rotatable bonds is 10. The number of carbonyl (C=O) groups excluding carboxylic acids is 2. The summed E-state index contributed by atoms with van der Waals surface area (Å²) in [6.45, 7) is 4.42. The Kier molecular flexibility index (Phi) is 8.26. The summed E-state index contributed by atoms with van der Waals surface area (Å²) in [6, 6.07) is 23.1. The van der Waals surface area contributed by atoms with Crippen LogP contribution in [-0.2, 0) is 16.0 Å². The fourth-order valence-electron chi connectivity index (χ4n) is 3.15. The quantitative estimate of drug-likeness (QED) is 0.421. The van der Waals surface area contributed by atoms with Gasteiger partial charge < -0.3 is 20.7 Å². The molecule has 0 atom stereocenters. The standard InChI is InChI=1S/C26H29N3O3/c1-3-25(30)29-24-11-7-10-23(19(24)2)27-18-26(31)28-21-12-14-22(15-13-21)32-17-16-20-8-5-4-6-9-20/h4-15,27H,3,16-18H2,1-2H3,(H,28,31)(H,29,30). The maximum atomic E-state index is 12.3. The van der Waals surface area contributed by atoms with Crippen LogP contribution in [0.25, 0.3) is 0 Å². The van der Waals surface area contributed by atoms with Gasteiger partial charge in [0.1, 0.15) is 5.75 Å². The van der Waals surface area contributed by atoms with Crippen molar-refractivity contribution in [2.45, 2.75) is 26.7 Å². The lowest BCUT2D eigenvalue weighted by molar-refractivity contribution is -0.116. The molecule has 0 aliphatic carbocycles. The zero-order valence-electron chi connectivity index (χ0n) is 18.5. The molecule has 6 heteroatoms. The van der Waals surface area contributed by atoms with Gasteiger partial charge in [-0.15, -0.1) is 0 Å². The van der Waals surface area contributed by atoms with Gasteiger partial charge in [0.15, 0.2) is 0 Å². The van der Waals surface area contributed by atoms with Gasteiger partial charge in [0, 0.05) is 29.9 Å². The summed E-state index contributed by atoms with van der Waals surface area (Å²) >= 11 is 0. The van der Waals surface area contributed by atoms with Crippen LogP contribution in [0.1, 0.15) is 24.5 Å². The van der Waals surface area contributed by atoms with E-state index in [1.54, 1.807) is 6.92 Å². The molecule has 3 aromatic carbocycles. The molecule has 166 valence electrons. The molecule has 6 nitrogen and oxygen atoms in total. The van der Waals surface area contributed by atoms with Gasteiger partial charge in [-0.3, -0.25) is 9.59 Å². The molecule has 0 spiro atoms. The summed E-state index contributed by atoms with van der Waals surface area (Å²) < 4.78 is 5.78. The third-order valence-corrected chi connectivity index (χ3v) is 5.01. The summed E-state index contributed by atoms with van der Waals surface area (Å²) in [4.78, 5) is 24.0. The van der Waals surface area contributed by atoms with E-state index in [0.717, 1.165) is 29.1 Å². The lowest BCUT2D eigenvalue weighted by Gasteiger charge is -2.14. The molecule has 0 aromatic heterocycles. The average molecular weight is 432 g/mol. The maximum absolute atomic E-state index is 12.3. The van der Waals surface area contributed by atoms with Gasteiger partial charge in [-0.05, 0) is 54.4 Å². The number of hydrogen-bond acceptors (Lipinski definition) is 4. The van der Waals surface area contributed by atoms with Crippen LogP contribution in [-0.4, -0.2) is 25.0 Å². The summed E-state index contributed by atoms with van der Waals surface area (Å²) in [5, 5.41) is 8.87. The molecule has 0 aliphatic rings. The van der Waals surface area contributed by atoms with Crippen LogP contribution in [0.5, 0.6) is 5.75 Å². The third kappa shape index (κ3) is 6.87. The van der Waals surface area contributed by atoms with Crippen LogP contribution < -0.4 is 20.7 Å². The summed E-state index contributed by atoms with van der Waals surface area (Å²) in [7, 11) is 0. The van der Waals surface area contributed by atoms with E-state index in [4.69, 9.17) is 4.74 Å². The van der Waals surface area contributed by atoms with E-state index in [2.05, 4.69) is 28.1 Å². The average Bonchev–Trinajstić information content (AvgIpc) is 2.81. The van der Waals surface area contributed by atoms with Crippen molar-refractivity contribution < 1.29 is 14.3 Å². The molecule has 0 unspecified atom stereocenters. The van der Waals surface area contributed by atoms with Crippen LogP contribution in [0.15, 0.2) is 72.8 Å². The topological polar surface area (TPSA) is 79.5 Å². The number of ether oxygens (including phenoxy) is 1. The molecule has 2 amide bonds. The summed E-state index contributed by atoms with van der Waals surface area (Å²) in [5.74, 6) is 0.555. The van der Waals surface area contributed by atoms with E-state index in [1.807, 2.05) is 67.6 Å². The van der Waals surface area contributed by atoms with Crippen molar-refractivity contribution >= 4 is 28.9 Å². The van der Waals surface area contributed by atoms with Crippen molar-refractivity contribution in [2.75, 3.05) is 29.1 Å². The van der Waals surface area contributed by atoms with Crippen molar-refractivity contribution in [3.63, 3.8) is 0 Å². The minimum absolute atomic E-state index is 0.0458. The van der Waals surface area contributed by atoms with Gasteiger partial charge in [-0.2, -0.15) is 0 Å². The number of anilines is 3. The first-order valence-corrected chi connectivity index (χ1v) is 10.7. The summed E-state index contributed by atoms with van der Waals surface area (Å²) in [5.41, 5.74) is 4.37. The Morgan fingerprint density at radius 3 is 2.25 bits per heavy atom. The van der Waals surface area contributed by atoms with Crippen LogP contribution in [0.3, 0.4) is 0 Å². The maximum Gasteiger partial charge on any atom is 0.243 e. The Labute approximate surface area is 189 Å². The van der Waals surface area contributed by atoms with Gasteiger partial charge in [0.25, 0.3) is 0 Å². The van der Waals surface area contributed by atoms with Crippen molar-refractivity contribution in [3.8, 4) is 5.75 Å². The highest BCUT2D eigenvalue weighted by Crippen LogP contribution is 2.23. The SMILES string of the molecule is CCC(=O)Nc1cccc(NCC(=O)Nc2ccc(OCCc3ccccc3)cc2)c1C. The Morgan fingerprint density at radius 1 is 0.812 bits per heavy atom. The molecule has 0 bridgehead atoms. The van der Waals surface area contributed by atoms with Gasteiger partial charge in [-0.25, -0.2) is 0 Å². The fraction of sp³-hybridized carbons (Fsp3) is 0.231. The Bertz CT molecular complexity index is 1030. The first kappa shape index (κ1) is 22.9. The number of benzene rings is 3. The molecule has 32 heavy (non-hydrogen) atoms. The predicted octanol–water partition coefficient (Wildman–Crippen LogP) is 5.02. The highest BCUT2D eigenvalue weighted by Gasteiger charge is 2.08. The molecule has 0 saturated heterocycles. The summed E-state index contributed by atoms with van der Waals surface area (Å²) in [6.07, 6.45) is 1.25. The Hall–Kier alpha value is -3.80. The Morgan fingerprint density at radius 2 is 1.53 bits per heavy atom. The van der Waals surface area contributed by atoms with E-state index >= 15 is 0 Å². The second-order valence-corrected chi connectivity index (χ2v) is 7.39. The molecule has 0 radical (unpaired) electrons. The first-order valence-electron chi connectivity index (χ1n) is 10.7. The molecule has 0 heterocycles. The Balaban J connectivity index is 1.46. The van der Waals surface area contributed by atoms with Gasteiger partial charge >= 0.3 is 0 Å². The van der Waals surface area contributed by atoms with Gasteiger partial charge in [0.05, 0.1) is 13.2 Å². The van der Waals surface area contributed by atoms with E-state index in [0.29, 0.717) is 18.7 Å². The highest BCUT2D eigenvalue weighted by atomic mass is 16.5. The fourth-order valence-corrected chi connectivity index (χ4v) is 3.15. The van der Waals surface area contributed by atoms with Crippen LogP contribution in [0.4, 0.5) is 17.1 Å². The minimum Gasteiger partial charge on any atom is -0.493 e. The van der Waals surface area contributed by atoms with E-state index in [9.17, 15) is 9.59 Å². The monoisotopic (exact) mass is 431 g/mol. The second-order valence-electron chi connectivity index (χ2n) is 7.39. The lowest BCUT2D eigenvalue weighted by atomic mass is 10.1. The zero-order valence-corrected chi connectivity index (χ0v) is 18.5. The van der Waals surface area contributed by atoms with Gasteiger partial charge in [-0.1, -0.05) is 43.3 Å². The van der Waals surface area contributed by atoms with Crippen LogP contribution >= 0.6 is 0 Å². The predicted molar refractivity (Wildman–Crippen MR) is 129 cm³/mol. The van der Waals surface area contributed by atoms with Crippen molar-refractivity contribution in [2.24, 2.45) is 0 Å². The van der Waals surface area contributed by atoms with Crippen LogP contribution in [0.2, 0.25) is 0 Å². The van der Waals surface area contributed by atoms with Crippen molar-refractivity contribution in [1.29, 1.82) is 0 Å². The smallest absolute Gasteiger partial charge is 0.243 e. The molecule has 0 saturated carbocycles. The molecule has 0 aliphatic heterocycles. The largest absolute Gasteiger partial charge is 0.493 e. The minimum atomic E-state index is -0.162. The zero-order chi connectivity index (χ0) is 22.8. The molecular formula is C26H29N3O3. The second kappa shape index (κ2) is 11.6. The van der Waals surface area contributed by atoms with Crippen molar-refractivity contribution in [1.82, 2.24) is 0 Å². The van der Waals surface area contributed by atoms with E-state index in [-0.39, 0.29) is 18.4 Å². The molecule has 0 fully saturated rings. The van der Waals surface area contributed by atoms with Gasteiger partial charge in [0.2, 0.25) is 11.8 Å². The molecular weight excluding hydrogens is 402 g/mol. The van der Waals surface area contributed by atoms with Crippen LogP contribution in [0, 0.1) is 6.92 Å². The molecule has 3 aromatic rings. The highest BCUT2D eigenvalue weighted by molar-refractivity contribution is 5.95. The molecule has 3 rings (SSSR count). The number of amides is 2.